The molecule has 0 saturated carbocycles. The van der Waals surface area contributed by atoms with Gasteiger partial charge in [0.1, 0.15) is 17.3 Å². The first-order valence-corrected chi connectivity index (χ1v) is 10.0. The molecule has 31 heavy (non-hydrogen) atoms. The van der Waals surface area contributed by atoms with Gasteiger partial charge in [-0.3, -0.25) is 14.5 Å². The molecule has 2 amide bonds. The van der Waals surface area contributed by atoms with E-state index in [9.17, 15) is 18.8 Å². The third-order valence-electron chi connectivity index (χ3n) is 4.62. The quantitative estimate of drug-likeness (QED) is 0.408. The molecule has 0 spiro atoms. The molecule has 1 saturated heterocycles. The maximum absolute atomic E-state index is 13.1. The van der Waals surface area contributed by atoms with Gasteiger partial charge in [0, 0.05) is 11.6 Å². The first-order valence-electron chi connectivity index (χ1n) is 9.23. The number of rotatable bonds is 5. The van der Waals surface area contributed by atoms with Gasteiger partial charge in [-0.25, -0.2) is 9.18 Å². The topological polar surface area (TPSA) is 76.8 Å². The Morgan fingerprint density at radius 3 is 2.45 bits per heavy atom. The monoisotopic (exact) mass is 437 g/mol. The van der Waals surface area contributed by atoms with Crippen LogP contribution in [0.2, 0.25) is 0 Å². The second kappa shape index (κ2) is 8.61. The van der Waals surface area contributed by atoms with Crippen LogP contribution in [0.1, 0.15) is 21.7 Å². The van der Waals surface area contributed by atoms with Crippen LogP contribution in [0.5, 0.6) is 0 Å². The van der Waals surface area contributed by atoms with Gasteiger partial charge in [0.15, 0.2) is 0 Å². The second-order valence-electron chi connectivity index (χ2n) is 6.67. The lowest BCUT2D eigenvalue weighted by Gasteiger charge is -2.12. The number of halogens is 1. The Hall–Kier alpha value is -3.65. The van der Waals surface area contributed by atoms with E-state index in [2.05, 4.69) is 4.74 Å². The molecular formula is C23H16FNO5S. The Kier molecular flexibility index (Phi) is 5.73. The van der Waals surface area contributed by atoms with E-state index in [1.165, 1.54) is 37.5 Å². The van der Waals surface area contributed by atoms with Gasteiger partial charge < -0.3 is 9.15 Å². The molecule has 0 unspecified atom stereocenters. The minimum Gasteiger partial charge on any atom is -0.465 e. The van der Waals surface area contributed by atoms with Crippen molar-refractivity contribution in [1.29, 1.82) is 0 Å². The minimum absolute atomic E-state index is 0.0677. The third-order valence-corrected chi connectivity index (χ3v) is 5.53. The summed E-state index contributed by atoms with van der Waals surface area (Å²) in [5.41, 5.74) is 1.82. The predicted octanol–water partition coefficient (Wildman–Crippen LogP) is 5.11. The predicted molar refractivity (Wildman–Crippen MR) is 113 cm³/mol. The number of nitrogens with zero attached hydrogens (tertiary/aromatic N) is 1. The zero-order valence-electron chi connectivity index (χ0n) is 16.3. The van der Waals surface area contributed by atoms with Crippen molar-refractivity contribution in [2.24, 2.45) is 0 Å². The molecule has 1 aliphatic rings. The molecule has 8 heteroatoms. The van der Waals surface area contributed by atoms with Crippen molar-refractivity contribution in [2.45, 2.75) is 6.54 Å². The molecule has 0 radical (unpaired) electrons. The van der Waals surface area contributed by atoms with Gasteiger partial charge in [-0.1, -0.05) is 24.3 Å². The lowest BCUT2D eigenvalue weighted by Crippen LogP contribution is -2.27. The van der Waals surface area contributed by atoms with Gasteiger partial charge >= 0.3 is 5.97 Å². The summed E-state index contributed by atoms with van der Waals surface area (Å²) in [6, 6.07) is 15.8. The van der Waals surface area contributed by atoms with Gasteiger partial charge in [-0.15, -0.1) is 0 Å². The molecule has 1 fully saturated rings. The number of esters is 1. The van der Waals surface area contributed by atoms with Crippen molar-refractivity contribution < 1.29 is 27.9 Å². The largest absolute Gasteiger partial charge is 0.465 e. The number of hydrogen-bond donors (Lipinski definition) is 0. The van der Waals surface area contributed by atoms with Gasteiger partial charge in [-0.2, -0.15) is 0 Å². The average Bonchev–Trinajstić information content (AvgIpc) is 3.35. The summed E-state index contributed by atoms with van der Waals surface area (Å²) in [5.74, 6) is -0.276. The minimum atomic E-state index is -0.431. The lowest BCUT2D eigenvalue weighted by atomic mass is 10.1. The zero-order valence-corrected chi connectivity index (χ0v) is 17.1. The Balaban J connectivity index is 1.50. The number of imide groups is 1. The van der Waals surface area contributed by atoms with E-state index in [0.29, 0.717) is 22.6 Å². The number of benzene rings is 2. The standard InChI is InChI=1S/C23H16FNO5S/c1-29-22(27)16-6-4-15(5-7-16)19-11-10-18(30-19)12-20-21(26)25(23(28)31-20)13-14-2-8-17(24)9-3-14/h2-12H,13H2,1H3/b20-12-. The smallest absolute Gasteiger partial charge is 0.337 e. The summed E-state index contributed by atoms with van der Waals surface area (Å²) in [6.45, 7) is 0.0677. The van der Waals surface area contributed by atoms with E-state index in [-0.39, 0.29) is 17.3 Å². The number of carbonyl (C=O) groups excluding carboxylic acids is 3. The van der Waals surface area contributed by atoms with Gasteiger partial charge in [0.05, 0.1) is 24.1 Å². The molecule has 0 bridgehead atoms. The van der Waals surface area contributed by atoms with Gasteiger partial charge in [-0.05, 0) is 53.7 Å². The zero-order chi connectivity index (χ0) is 22.0. The Bertz CT molecular complexity index is 1180. The molecule has 0 atom stereocenters. The van der Waals surface area contributed by atoms with Crippen LogP contribution in [-0.2, 0) is 16.1 Å². The van der Waals surface area contributed by atoms with Crippen molar-refractivity contribution in [3.63, 3.8) is 0 Å². The molecule has 1 aliphatic heterocycles. The Morgan fingerprint density at radius 1 is 1.06 bits per heavy atom. The van der Waals surface area contributed by atoms with E-state index in [1.54, 1.807) is 36.4 Å². The second-order valence-corrected chi connectivity index (χ2v) is 7.66. The number of thioether (sulfide) groups is 1. The third kappa shape index (κ3) is 4.44. The van der Waals surface area contributed by atoms with E-state index in [4.69, 9.17) is 4.42 Å². The van der Waals surface area contributed by atoms with Crippen LogP contribution < -0.4 is 0 Å². The number of ether oxygens (including phenoxy) is 1. The van der Waals surface area contributed by atoms with Crippen molar-refractivity contribution in [3.8, 4) is 11.3 Å². The fraction of sp³-hybridized carbons (Fsp3) is 0.0870. The molecule has 0 N–H and O–H groups in total. The van der Waals surface area contributed by atoms with E-state index >= 15 is 0 Å². The van der Waals surface area contributed by atoms with Crippen LogP contribution in [0, 0.1) is 5.82 Å². The van der Waals surface area contributed by atoms with E-state index in [1.807, 2.05) is 0 Å². The van der Waals surface area contributed by atoms with Crippen molar-refractivity contribution in [1.82, 2.24) is 4.90 Å². The number of furan rings is 1. The molecule has 0 aliphatic carbocycles. The highest BCUT2D eigenvalue weighted by atomic mass is 32.2. The van der Waals surface area contributed by atoms with E-state index in [0.717, 1.165) is 22.2 Å². The fourth-order valence-electron chi connectivity index (χ4n) is 3.01. The normalized spacial score (nSPS) is 15.0. The van der Waals surface area contributed by atoms with Crippen LogP contribution in [-0.4, -0.2) is 29.1 Å². The van der Waals surface area contributed by atoms with Crippen LogP contribution in [0.15, 0.2) is 70.0 Å². The molecule has 1 aromatic heterocycles. The van der Waals surface area contributed by atoms with Crippen LogP contribution in [0.25, 0.3) is 17.4 Å². The van der Waals surface area contributed by atoms with Crippen molar-refractivity contribution in [3.05, 3.63) is 88.3 Å². The van der Waals surface area contributed by atoms with Gasteiger partial charge in [0.2, 0.25) is 0 Å². The first-order chi connectivity index (χ1) is 14.9. The summed E-state index contributed by atoms with van der Waals surface area (Å²) in [7, 11) is 1.32. The summed E-state index contributed by atoms with van der Waals surface area (Å²) in [4.78, 5) is 37.8. The number of methoxy groups -OCH3 is 1. The molecule has 2 aromatic carbocycles. The number of hydrogen-bond acceptors (Lipinski definition) is 6. The van der Waals surface area contributed by atoms with Crippen molar-refractivity contribution in [2.75, 3.05) is 7.11 Å². The maximum Gasteiger partial charge on any atom is 0.337 e. The molecule has 2 heterocycles. The summed E-state index contributed by atoms with van der Waals surface area (Å²) >= 11 is 0.825. The molecule has 4 rings (SSSR count). The SMILES string of the molecule is COC(=O)c1ccc(-c2ccc(/C=C3\SC(=O)N(Cc4ccc(F)cc4)C3=O)o2)cc1. The summed E-state index contributed by atoms with van der Waals surface area (Å²) in [5, 5.41) is -0.397. The molecule has 3 aromatic rings. The number of carbonyl (C=O) groups is 3. The highest BCUT2D eigenvalue weighted by molar-refractivity contribution is 8.18. The molecule has 6 nitrogen and oxygen atoms in total. The molecule has 156 valence electrons. The highest BCUT2D eigenvalue weighted by Gasteiger charge is 2.35. The Morgan fingerprint density at radius 2 is 1.77 bits per heavy atom. The highest BCUT2D eigenvalue weighted by Crippen LogP contribution is 2.34. The summed E-state index contributed by atoms with van der Waals surface area (Å²) < 4.78 is 23.5. The average molecular weight is 437 g/mol. The summed E-state index contributed by atoms with van der Waals surface area (Å²) in [6.07, 6.45) is 1.52. The van der Waals surface area contributed by atoms with Crippen LogP contribution in [0.4, 0.5) is 9.18 Å². The first kappa shape index (κ1) is 20.6. The van der Waals surface area contributed by atoms with Gasteiger partial charge in [0.25, 0.3) is 11.1 Å². The van der Waals surface area contributed by atoms with E-state index < -0.39 is 17.1 Å². The lowest BCUT2D eigenvalue weighted by molar-refractivity contribution is -0.123. The molecular weight excluding hydrogens is 421 g/mol. The number of amides is 2. The fourth-order valence-corrected chi connectivity index (χ4v) is 3.83. The van der Waals surface area contributed by atoms with Crippen LogP contribution >= 0.6 is 11.8 Å². The van der Waals surface area contributed by atoms with Crippen LogP contribution in [0.3, 0.4) is 0 Å². The van der Waals surface area contributed by atoms with Crippen molar-refractivity contribution >= 4 is 35.0 Å². The maximum atomic E-state index is 13.1. The Labute approximate surface area is 181 Å².